The van der Waals surface area contributed by atoms with Crippen LogP contribution in [0, 0.1) is 11.6 Å². The molecule has 0 aliphatic rings. The van der Waals surface area contributed by atoms with Gasteiger partial charge in [-0.2, -0.15) is 5.10 Å². The van der Waals surface area contributed by atoms with Crippen LogP contribution in [0.15, 0.2) is 24.4 Å². The van der Waals surface area contributed by atoms with Gasteiger partial charge in [0.05, 0.1) is 17.6 Å². The molecule has 0 aliphatic heterocycles. The molecule has 2 aromatic heterocycles. The summed E-state index contributed by atoms with van der Waals surface area (Å²) in [5.74, 6) is -0.202. The van der Waals surface area contributed by atoms with Crippen molar-refractivity contribution in [2.45, 2.75) is 19.6 Å². The van der Waals surface area contributed by atoms with Crippen LogP contribution < -0.4 is 5.32 Å². The Labute approximate surface area is 137 Å². The zero-order chi connectivity index (χ0) is 17.3. The van der Waals surface area contributed by atoms with Crippen molar-refractivity contribution < 1.29 is 13.5 Å². The number of rotatable bonds is 5. The number of methoxy groups -OCH3 is 1. The van der Waals surface area contributed by atoms with E-state index in [2.05, 4.69) is 20.4 Å². The lowest BCUT2D eigenvalue weighted by atomic mass is 10.1. The molecule has 0 radical (unpaired) electrons. The highest BCUT2D eigenvalue weighted by molar-refractivity contribution is 5.86. The minimum atomic E-state index is -0.618. The average molecular weight is 333 g/mol. The third kappa shape index (κ3) is 3.18. The number of hydrogen-bond acceptors (Lipinski definition) is 5. The highest BCUT2D eigenvalue weighted by atomic mass is 19.1. The summed E-state index contributed by atoms with van der Waals surface area (Å²) in [4.78, 5) is 8.82. The second-order valence-corrected chi connectivity index (χ2v) is 5.50. The maximum atomic E-state index is 13.4. The molecule has 0 saturated heterocycles. The van der Waals surface area contributed by atoms with E-state index in [0.29, 0.717) is 22.9 Å². The Morgan fingerprint density at radius 3 is 2.58 bits per heavy atom. The Bertz CT molecular complexity index is 860. The molecule has 0 fully saturated rings. The van der Waals surface area contributed by atoms with Crippen molar-refractivity contribution in [1.29, 1.82) is 0 Å². The van der Waals surface area contributed by atoms with Crippen LogP contribution in [0.3, 0.4) is 0 Å². The van der Waals surface area contributed by atoms with Gasteiger partial charge in [-0.15, -0.1) is 0 Å². The number of halogens is 2. The van der Waals surface area contributed by atoms with E-state index in [4.69, 9.17) is 4.74 Å². The molecule has 0 amide bonds. The van der Waals surface area contributed by atoms with Crippen molar-refractivity contribution in [3.8, 4) is 0 Å². The standard InChI is InChI=1S/C16H17F2N5O/c1-9(10-4-11(17)6-12(18)5-10)20-15-13-7-19-23(2)16(13)22-14(21-15)8-24-3/h4-7,9H,8H2,1-3H3,(H,20,21,22)/t9-/m1/s1. The molecule has 126 valence electrons. The lowest BCUT2D eigenvalue weighted by Gasteiger charge is -2.16. The second kappa shape index (κ2) is 6.48. The van der Waals surface area contributed by atoms with E-state index >= 15 is 0 Å². The SMILES string of the molecule is COCc1nc(N[C@H](C)c2cc(F)cc(F)c2)c2cnn(C)c2n1. The van der Waals surface area contributed by atoms with Gasteiger partial charge >= 0.3 is 0 Å². The van der Waals surface area contributed by atoms with E-state index < -0.39 is 11.6 Å². The first kappa shape index (κ1) is 16.3. The van der Waals surface area contributed by atoms with Gasteiger partial charge in [0, 0.05) is 20.2 Å². The van der Waals surface area contributed by atoms with Crippen LogP contribution in [0.4, 0.5) is 14.6 Å². The predicted molar refractivity (Wildman–Crippen MR) is 85.4 cm³/mol. The smallest absolute Gasteiger partial charge is 0.163 e. The van der Waals surface area contributed by atoms with Crippen molar-refractivity contribution in [3.63, 3.8) is 0 Å². The van der Waals surface area contributed by atoms with Gasteiger partial charge in [-0.3, -0.25) is 4.68 Å². The molecule has 24 heavy (non-hydrogen) atoms. The fraction of sp³-hybridized carbons (Fsp3) is 0.312. The zero-order valence-corrected chi connectivity index (χ0v) is 13.5. The van der Waals surface area contributed by atoms with Crippen LogP contribution in [-0.4, -0.2) is 26.9 Å². The van der Waals surface area contributed by atoms with Gasteiger partial charge in [0.1, 0.15) is 24.1 Å². The van der Waals surface area contributed by atoms with Gasteiger partial charge in [-0.05, 0) is 24.6 Å². The number of ether oxygens (including phenoxy) is 1. The second-order valence-electron chi connectivity index (χ2n) is 5.50. The molecule has 2 heterocycles. The van der Waals surface area contributed by atoms with Gasteiger partial charge in [0.15, 0.2) is 11.5 Å². The van der Waals surface area contributed by atoms with Crippen LogP contribution in [0.5, 0.6) is 0 Å². The van der Waals surface area contributed by atoms with E-state index in [-0.39, 0.29) is 12.6 Å². The molecule has 0 aliphatic carbocycles. The van der Waals surface area contributed by atoms with Crippen LogP contribution in [0.25, 0.3) is 11.0 Å². The molecule has 1 aromatic carbocycles. The van der Waals surface area contributed by atoms with E-state index in [0.717, 1.165) is 11.5 Å². The number of hydrogen-bond donors (Lipinski definition) is 1. The summed E-state index contributed by atoms with van der Waals surface area (Å²) in [6.07, 6.45) is 1.65. The number of fused-ring (bicyclic) bond motifs is 1. The molecule has 0 saturated carbocycles. The minimum Gasteiger partial charge on any atom is -0.377 e. The Hall–Kier alpha value is -2.61. The van der Waals surface area contributed by atoms with Gasteiger partial charge in [-0.25, -0.2) is 18.7 Å². The fourth-order valence-corrected chi connectivity index (χ4v) is 2.48. The Morgan fingerprint density at radius 2 is 1.92 bits per heavy atom. The summed E-state index contributed by atoms with van der Waals surface area (Å²) >= 11 is 0. The number of anilines is 1. The van der Waals surface area contributed by atoms with Gasteiger partial charge in [0.2, 0.25) is 0 Å². The highest BCUT2D eigenvalue weighted by Gasteiger charge is 2.15. The van der Waals surface area contributed by atoms with Gasteiger partial charge in [-0.1, -0.05) is 0 Å². The molecule has 0 unspecified atom stereocenters. The lowest BCUT2D eigenvalue weighted by Crippen LogP contribution is -2.11. The number of aromatic nitrogens is 4. The maximum Gasteiger partial charge on any atom is 0.163 e. The Morgan fingerprint density at radius 1 is 1.21 bits per heavy atom. The fourth-order valence-electron chi connectivity index (χ4n) is 2.48. The van der Waals surface area contributed by atoms with Crippen LogP contribution >= 0.6 is 0 Å². The van der Waals surface area contributed by atoms with Crippen molar-refractivity contribution >= 4 is 16.9 Å². The normalized spacial score (nSPS) is 12.5. The maximum absolute atomic E-state index is 13.4. The molecule has 0 bridgehead atoms. The molecule has 6 nitrogen and oxygen atoms in total. The predicted octanol–water partition coefficient (Wildman–Crippen LogP) is 2.96. The highest BCUT2D eigenvalue weighted by Crippen LogP contribution is 2.25. The molecule has 0 spiro atoms. The Kier molecular flexibility index (Phi) is 4.39. The lowest BCUT2D eigenvalue weighted by molar-refractivity contribution is 0.178. The summed E-state index contributed by atoms with van der Waals surface area (Å²) in [7, 11) is 3.34. The molecule has 3 rings (SSSR count). The quantitative estimate of drug-likeness (QED) is 0.778. The largest absolute Gasteiger partial charge is 0.377 e. The summed E-state index contributed by atoms with van der Waals surface area (Å²) in [6, 6.07) is 3.07. The minimum absolute atomic E-state index is 0.249. The average Bonchev–Trinajstić information content (AvgIpc) is 2.88. The first-order valence-electron chi connectivity index (χ1n) is 7.38. The van der Waals surface area contributed by atoms with Crippen molar-refractivity contribution in [3.05, 3.63) is 47.4 Å². The van der Waals surface area contributed by atoms with Crippen molar-refractivity contribution in [2.75, 3.05) is 12.4 Å². The summed E-state index contributed by atoms with van der Waals surface area (Å²) in [6.45, 7) is 2.05. The first-order chi connectivity index (χ1) is 11.5. The van der Waals surface area contributed by atoms with Crippen LogP contribution in [0.2, 0.25) is 0 Å². The molecule has 3 aromatic rings. The number of benzene rings is 1. The zero-order valence-electron chi connectivity index (χ0n) is 13.5. The third-order valence-electron chi connectivity index (χ3n) is 3.65. The van der Waals surface area contributed by atoms with Crippen molar-refractivity contribution in [1.82, 2.24) is 19.7 Å². The number of aryl methyl sites for hydroxylation is 1. The van der Waals surface area contributed by atoms with E-state index in [1.807, 2.05) is 0 Å². The number of nitrogens with one attached hydrogen (secondary N) is 1. The van der Waals surface area contributed by atoms with Crippen molar-refractivity contribution in [2.24, 2.45) is 7.05 Å². The van der Waals surface area contributed by atoms with E-state index in [9.17, 15) is 8.78 Å². The van der Waals surface area contributed by atoms with E-state index in [1.165, 1.54) is 12.1 Å². The van der Waals surface area contributed by atoms with Crippen LogP contribution in [0.1, 0.15) is 24.4 Å². The summed E-state index contributed by atoms with van der Waals surface area (Å²) in [5.41, 5.74) is 1.13. The monoisotopic (exact) mass is 333 g/mol. The Balaban J connectivity index is 1.99. The molecular weight excluding hydrogens is 316 g/mol. The van der Waals surface area contributed by atoms with E-state index in [1.54, 1.807) is 32.0 Å². The molecule has 1 atom stereocenters. The van der Waals surface area contributed by atoms with Gasteiger partial charge in [0.25, 0.3) is 0 Å². The number of nitrogens with zero attached hydrogens (tertiary/aromatic N) is 4. The summed E-state index contributed by atoms with van der Waals surface area (Å²) < 4.78 is 33.6. The summed E-state index contributed by atoms with van der Waals surface area (Å²) in [5, 5.41) is 8.08. The molecule has 1 N–H and O–H groups in total. The van der Waals surface area contributed by atoms with Gasteiger partial charge < -0.3 is 10.1 Å². The molecule has 8 heteroatoms. The van der Waals surface area contributed by atoms with Crippen LogP contribution in [-0.2, 0) is 18.4 Å². The topological polar surface area (TPSA) is 64.9 Å². The third-order valence-corrected chi connectivity index (χ3v) is 3.65. The first-order valence-corrected chi connectivity index (χ1v) is 7.38. The molecular formula is C16H17F2N5O.